The van der Waals surface area contributed by atoms with E-state index in [4.69, 9.17) is 4.74 Å². The van der Waals surface area contributed by atoms with Crippen LogP contribution in [-0.2, 0) is 4.74 Å². The maximum absolute atomic E-state index is 14.8. The number of piperazine rings is 1. The zero-order valence-corrected chi connectivity index (χ0v) is 20.1. The molecule has 10 heteroatoms. The number of aromatic nitrogens is 3. The predicted octanol–water partition coefficient (Wildman–Crippen LogP) is 3.79. The van der Waals surface area contributed by atoms with Crippen LogP contribution in [0.5, 0.6) is 0 Å². The minimum Gasteiger partial charge on any atom is -0.444 e. The number of nitrogens with one attached hydrogen (secondary N) is 1. The van der Waals surface area contributed by atoms with E-state index in [9.17, 15) is 14.0 Å². The molecule has 1 aliphatic rings. The number of hydrogen-bond donors (Lipinski definition) is 1. The second-order valence-corrected chi connectivity index (χ2v) is 9.40. The first-order chi connectivity index (χ1) is 16.0. The first-order valence-corrected chi connectivity index (χ1v) is 11.2. The van der Waals surface area contributed by atoms with Crippen LogP contribution in [0.3, 0.4) is 0 Å². The fourth-order valence-corrected chi connectivity index (χ4v) is 3.85. The molecule has 0 aliphatic carbocycles. The van der Waals surface area contributed by atoms with Gasteiger partial charge in [-0.05, 0) is 52.8 Å². The number of amides is 2. The molecule has 3 aromatic rings. The minimum atomic E-state index is -0.546. The van der Waals surface area contributed by atoms with Gasteiger partial charge in [0.25, 0.3) is 5.91 Å². The Morgan fingerprint density at radius 3 is 2.41 bits per heavy atom. The third-order valence-electron chi connectivity index (χ3n) is 5.46. The predicted molar refractivity (Wildman–Crippen MR) is 127 cm³/mol. The maximum Gasteiger partial charge on any atom is 0.410 e. The van der Waals surface area contributed by atoms with Gasteiger partial charge in [-0.3, -0.25) is 4.79 Å². The van der Waals surface area contributed by atoms with Gasteiger partial charge in [-0.25, -0.2) is 19.2 Å². The highest BCUT2D eigenvalue weighted by Gasteiger charge is 2.26. The highest BCUT2D eigenvalue weighted by molar-refractivity contribution is 6.03. The van der Waals surface area contributed by atoms with Gasteiger partial charge in [-0.2, -0.15) is 0 Å². The van der Waals surface area contributed by atoms with Crippen LogP contribution in [0, 0.1) is 19.7 Å². The standard InChI is InChI=1S/C24H29FN6O3/c1-15-13-31-14-20(27-16(2)21(31)26-15)22(32)28-19-7-6-17(12-18(19)25)29-8-10-30(11-9-29)23(33)34-24(3,4)5/h6-7,12-14H,8-11H2,1-5H3,(H,28,32). The van der Waals surface area contributed by atoms with Gasteiger partial charge in [-0.15, -0.1) is 0 Å². The van der Waals surface area contributed by atoms with E-state index in [-0.39, 0.29) is 17.5 Å². The Bertz CT molecular complexity index is 1240. The lowest BCUT2D eigenvalue weighted by molar-refractivity contribution is 0.0240. The minimum absolute atomic E-state index is 0.0718. The number of imidazole rings is 1. The molecule has 1 aliphatic heterocycles. The fraction of sp³-hybridized carbons (Fsp3) is 0.417. The molecule has 2 aromatic heterocycles. The van der Waals surface area contributed by atoms with Crippen LogP contribution in [-0.4, -0.2) is 63.0 Å². The van der Waals surface area contributed by atoms with E-state index in [2.05, 4.69) is 15.3 Å². The summed E-state index contributed by atoms with van der Waals surface area (Å²) in [6.07, 6.45) is 3.04. The largest absolute Gasteiger partial charge is 0.444 e. The van der Waals surface area contributed by atoms with Gasteiger partial charge in [0.15, 0.2) is 5.65 Å². The van der Waals surface area contributed by atoms with Crippen LogP contribution < -0.4 is 10.2 Å². The molecule has 4 rings (SSSR count). The number of benzene rings is 1. The summed E-state index contributed by atoms with van der Waals surface area (Å²) < 4.78 is 22.0. The second kappa shape index (κ2) is 8.92. The van der Waals surface area contributed by atoms with Crippen molar-refractivity contribution in [1.29, 1.82) is 0 Å². The van der Waals surface area contributed by atoms with Gasteiger partial charge in [0.1, 0.15) is 17.1 Å². The number of halogens is 1. The van der Waals surface area contributed by atoms with Crippen LogP contribution in [0.4, 0.5) is 20.6 Å². The van der Waals surface area contributed by atoms with Crippen molar-refractivity contribution in [2.75, 3.05) is 36.4 Å². The molecular weight excluding hydrogens is 439 g/mol. The van der Waals surface area contributed by atoms with E-state index < -0.39 is 17.3 Å². The van der Waals surface area contributed by atoms with Gasteiger partial charge >= 0.3 is 6.09 Å². The van der Waals surface area contributed by atoms with Crippen LogP contribution in [0.1, 0.15) is 42.6 Å². The lowest BCUT2D eigenvalue weighted by Gasteiger charge is -2.36. The Labute approximate surface area is 197 Å². The molecule has 2 amide bonds. The third kappa shape index (κ3) is 5.11. The fourth-order valence-electron chi connectivity index (χ4n) is 3.85. The number of aryl methyl sites for hydroxylation is 2. The number of rotatable bonds is 3. The van der Waals surface area contributed by atoms with Crippen molar-refractivity contribution in [2.45, 2.75) is 40.2 Å². The summed E-state index contributed by atoms with van der Waals surface area (Å²) in [5.74, 6) is -1.05. The molecule has 0 unspecified atom stereocenters. The van der Waals surface area contributed by atoms with Crippen molar-refractivity contribution in [2.24, 2.45) is 0 Å². The van der Waals surface area contributed by atoms with E-state index >= 15 is 0 Å². The first kappa shape index (κ1) is 23.5. The summed E-state index contributed by atoms with van der Waals surface area (Å²) >= 11 is 0. The van der Waals surface area contributed by atoms with Crippen molar-refractivity contribution in [1.82, 2.24) is 19.3 Å². The van der Waals surface area contributed by atoms with Gasteiger partial charge in [0.2, 0.25) is 0 Å². The molecule has 1 aromatic carbocycles. The normalized spacial score (nSPS) is 14.4. The summed E-state index contributed by atoms with van der Waals surface area (Å²) in [4.78, 5) is 37.3. The highest BCUT2D eigenvalue weighted by Crippen LogP contribution is 2.24. The molecule has 0 radical (unpaired) electrons. The highest BCUT2D eigenvalue weighted by atomic mass is 19.1. The number of anilines is 2. The molecule has 1 N–H and O–H groups in total. The van der Waals surface area contributed by atoms with E-state index in [0.717, 1.165) is 5.69 Å². The van der Waals surface area contributed by atoms with Crippen molar-refractivity contribution >= 4 is 29.0 Å². The van der Waals surface area contributed by atoms with Crippen LogP contribution in [0.2, 0.25) is 0 Å². The maximum atomic E-state index is 14.8. The quantitative estimate of drug-likeness (QED) is 0.629. The summed E-state index contributed by atoms with van der Waals surface area (Å²) in [5, 5.41) is 2.60. The number of carbonyl (C=O) groups excluding carboxylic acids is 2. The summed E-state index contributed by atoms with van der Waals surface area (Å²) in [6, 6.07) is 4.68. The average Bonchev–Trinajstić information content (AvgIpc) is 3.15. The molecule has 34 heavy (non-hydrogen) atoms. The Kier molecular flexibility index (Phi) is 6.16. The van der Waals surface area contributed by atoms with Crippen LogP contribution >= 0.6 is 0 Å². The van der Waals surface area contributed by atoms with Crippen molar-refractivity contribution in [3.8, 4) is 0 Å². The summed E-state index contributed by atoms with van der Waals surface area (Å²) in [5.41, 5.74) is 2.49. The Morgan fingerprint density at radius 2 is 1.76 bits per heavy atom. The topological polar surface area (TPSA) is 92.1 Å². The van der Waals surface area contributed by atoms with E-state index in [0.29, 0.717) is 43.2 Å². The van der Waals surface area contributed by atoms with Crippen molar-refractivity contribution < 1.29 is 18.7 Å². The van der Waals surface area contributed by atoms with Crippen LogP contribution in [0.15, 0.2) is 30.6 Å². The average molecular weight is 469 g/mol. The number of nitrogens with zero attached hydrogens (tertiary/aromatic N) is 5. The van der Waals surface area contributed by atoms with Gasteiger partial charge in [-0.1, -0.05) is 0 Å². The molecule has 0 spiro atoms. The van der Waals surface area contributed by atoms with Crippen LogP contribution in [0.25, 0.3) is 5.65 Å². The van der Waals surface area contributed by atoms with Gasteiger partial charge in [0.05, 0.1) is 17.1 Å². The smallest absolute Gasteiger partial charge is 0.410 e. The zero-order valence-electron chi connectivity index (χ0n) is 20.1. The molecule has 0 atom stereocenters. The van der Waals surface area contributed by atoms with E-state index in [1.807, 2.05) is 32.6 Å². The number of hydrogen-bond acceptors (Lipinski definition) is 6. The zero-order chi connectivity index (χ0) is 24.6. The lowest BCUT2D eigenvalue weighted by atomic mass is 10.2. The second-order valence-electron chi connectivity index (χ2n) is 9.40. The number of ether oxygens (including phenoxy) is 1. The molecule has 1 saturated heterocycles. The van der Waals surface area contributed by atoms with Crippen molar-refractivity contribution in [3.05, 3.63) is 53.5 Å². The molecule has 1 fully saturated rings. The van der Waals surface area contributed by atoms with E-state index in [1.165, 1.54) is 12.1 Å². The molecule has 180 valence electrons. The summed E-state index contributed by atoms with van der Waals surface area (Å²) in [7, 11) is 0. The summed E-state index contributed by atoms with van der Waals surface area (Å²) in [6.45, 7) is 11.2. The monoisotopic (exact) mass is 468 g/mol. The molecule has 0 bridgehead atoms. The van der Waals surface area contributed by atoms with Crippen molar-refractivity contribution in [3.63, 3.8) is 0 Å². The molecule has 9 nitrogen and oxygen atoms in total. The number of fused-ring (bicyclic) bond motifs is 1. The first-order valence-electron chi connectivity index (χ1n) is 11.2. The van der Waals surface area contributed by atoms with Gasteiger partial charge in [0, 0.05) is 44.3 Å². The lowest BCUT2D eigenvalue weighted by Crippen LogP contribution is -2.50. The molecular formula is C24H29FN6O3. The Morgan fingerprint density at radius 1 is 1.06 bits per heavy atom. The third-order valence-corrected chi connectivity index (χ3v) is 5.46. The van der Waals surface area contributed by atoms with E-state index in [1.54, 1.807) is 34.7 Å². The molecule has 3 heterocycles. The molecule has 0 saturated carbocycles. The SMILES string of the molecule is Cc1cn2cc(C(=O)Nc3ccc(N4CCN(C(=O)OC(C)(C)C)CC4)cc3F)nc(C)c2n1. The number of carbonyl (C=O) groups is 2. The Balaban J connectivity index is 1.41. The van der Waals surface area contributed by atoms with Gasteiger partial charge < -0.3 is 24.3 Å². The Hall–Kier alpha value is -3.69.